The summed E-state index contributed by atoms with van der Waals surface area (Å²) in [6.45, 7) is 11.5. The van der Waals surface area contributed by atoms with Crippen LogP contribution in [0.5, 0.6) is 0 Å². The highest BCUT2D eigenvalue weighted by molar-refractivity contribution is 6.33. The highest BCUT2D eigenvalue weighted by Gasteiger charge is 2.42. The standard InChI is InChI=1S/C26H38ClFN4O4/c1-6-8-23(36-7-2)21(11-15(3)4)31-25(34)22-13-18(28)14-32(22)26(35)16(5)30-24(33)17-9-10-20(29)19(27)12-17/h9-10,12,16,18,21-23H,3,6-8,11,13-14,29H2,1-2,4-5H3,(H,30,33)(H,31,34). The van der Waals surface area contributed by atoms with Crippen molar-refractivity contribution in [2.75, 3.05) is 18.9 Å². The summed E-state index contributed by atoms with van der Waals surface area (Å²) in [6.07, 6.45) is 0.428. The first kappa shape index (κ1) is 29.6. The Balaban J connectivity index is 2.13. The van der Waals surface area contributed by atoms with Gasteiger partial charge in [-0.1, -0.05) is 30.5 Å². The maximum atomic E-state index is 14.4. The van der Waals surface area contributed by atoms with Crippen LogP contribution >= 0.6 is 11.6 Å². The second-order valence-electron chi connectivity index (χ2n) is 9.33. The van der Waals surface area contributed by atoms with Crippen LogP contribution in [-0.2, 0) is 14.3 Å². The van der Waals surface area contributed by atoms with Gasteiger partial charge in [-0.3, -0.25) is 14.4 Å². The Morgan fingerprint density at radius 1 is 1.31 bits per heavy atom. The number of alkyl halides is 1. The van der Waals surface area contributed by atoms with Gasteiger partial charge in [0.15, 0.2) is 0 Å². The Labute approximate surface area is 217 Å². The molecule has 10 heteroatoms. The first-order valence-corrected chi connectivity index (χ1v) is 12.7. The molecule has 1 aromatic rings. The lowest BCUT2D eigenvalue weighted by atomic mass is 9.98. The zero-order valence-corrected chi connectivity index (χ0v) is 22.2. The van der Waals surface area contributed by atoms with Gasteiger partial charge in [0.1, 0.15) is 18.3 Å². The minimum atomic E-state index is -1.35. The summed E-state index contributed by atoms with van der Waals surface area (Å²) in [7, 11) is 0. The number of hydrogen-bond donors (Lipinski definition) is 3. The summed E-state index contributed by atoms with van der Waals surface area (Å²) < 4.78 is 20.3. The minimum Gasteiger partial charge on any atom is -0.398 e. The zero-order valence-electron chi connectivity index (χ0n) is 21.5. The molecule has 0 aromatic heterocycles. The molecule has 4 N–H and O–H groups in total. The number of halogens is 2. The molecule has 1 fully saturated rings. The molecule has 0 spiro atoms. The number of nitrogens with zero attached hydrogens (tertiary/aromatic N) is 1. The van der Waals surface area contributed by atoms with E-state index in [0.29, 0.717) is 18.7 Å². The highest BCUT2D eigenvalue weighted by atomic mass is 35.5. The summed E-state index contributed by atoms with van der Waals surface area (Å²) >= 11 is 5.98. The van der Waals surface area contributed by atoms with Crippen LogP contribution in [0, 0.1) is 0 Å². The molecular formula is C26H38ClFN4O4. The van der Waals surface area contributed by atoms with Gasteiger partial charge in [0, 0.05) is 18.6 Å². The van der Waals surface area contributed by atoms with E-state index >= 15 is 0 Å². The average Bonchev–Trinajstić information content (AvgIpc) is 3.21. The fraction of sp³-hybridized carbons (Fsp3) is 0.577. The number of anilines is 1. The second kappa shape index (κ2) is 13.6. The Hall–Kier alpha value is -2.65. The highest BCUT2D eigenvalue weighted by Crippen LogP contribution is 2.24. The number of rotatable bonds is 12. The van der Waals surface area contributed by atoms with Gasteiger partial charge >= 0.3 is 0 Å². The van der Waals surface area contributed by atoms with E-state index in [1.165, 1.54) is 30.0 Å². The number of ether oxygens (including phenoxy) is 1. The predicted octanol–water partition coefficient (Wildman–Crippen LogP) is 3.64. The number of nitrogen functional groups attached to an aromatic ring is 1. The molecule has 8 nitrogen and oxygen atoms in total. The third-order valence-electron chi connectivity index (χ3n) is 6.12. The van der Waals surface area contributed by atoms with Crippen molar-refractivity contribution in [1.82, 2.24) is 15.5 Å². The monoisotopic (exact) mass is 524 g/mol. The SMILES string of the molecule is C=C(C)CC(NC(=O)C1CC(F)CN1C(=O)C(C)NC(=O)c1ccc(N)c(Cl)c1)C(CCC)OCC. The maximum absolute atomic E-state index is 14.4. The number of carbonyl (C=O) groups is 3. The van der Waals surface area contributed by atoms with Crippen molar-refractivity contribution < 1.29 is 23.5 Å². The minimum absolute atomic E-state index is 0.112. The van der Waals surface area contributed by atoms with E-state index in [1.54, 1.807) is 0 Å². The number of amides is 3. The van der Waals surface area contributed by atoms with Crippen LogP contribution in [0.2, 0.25) is 5.02 Å². The van der Waals surface area contributed by atoms with Gasteiger partial charge in [-0.2, -0.15) is 0 Å². The second-order valence-corrected chi connectivity index (χ2v) is 9.74. The van der Waals surface area contributed by atoms with Crippen molar-refractivity contribution in [2.45, 2.75) is 83.8 Å². The van der Waals surface area contributed by atoms with Gasteiger partial charge in [-0.25, -0.2) is 4.39 Å². The molecule has 36 heavy (non-hydrogen) atoms. The number of nitrogens with two attached hydrogens (primary N) is 1. The lowest BCUT2D eigenvalue weighted by molar-refractivity contribution is -0.140. The van der Waals surface area contributed by atoms with Crippen LogP contribution in [0.25, 0.3) is 0 Å². The normalized spacial score (nSPS) is 19.9. The Morgan fingerprint density at radius 3 is 2.58 bits per heavy atom. The predicted molar refractivity (Wildman–Crippen MR) is 139 cm³/mol. The fourth-order valence-corrected chi connectivity index (χ4v) is 4.55. The number of carbonyl (C=O) groups excluding carboxylic acids is 3. The Morgan fingerprint density at radius 2 is 2.00 bits per heavy atom. The van der Waals surface area contributed by atoms with Crippen LogP contribution < -0.4 is 16.4 Å². The van der Waals surface area contributed by atoms with Gasteiger partial charge in [-0.05, 0) is 51.8 Å². The number of likely N-dealkylation sites (tertiary alicyclic amines) is 1. The topological polar surface area (TPSA) is 114 Å². The van der Waals surface area contributed by atoms with E-state index in [4.69, 9.17) is 22.1 Å². The van der Waals surface area contributed by atoms with Crippen LogP contribution in [0.1, 0.15) is 63.7 Å². The smallest absolute Gasteiger partial charge is 0.251 e. The van der Waals surface area contributed by atoms with Crippen molar-refractivity contribution in [2.24, 2.45) is 0 Å². The molecular weight excluding hydrogens is 487 g/mol. The average molecular weight is 525 g/mol. The Kier molecular flexibility index (Phi) is 11.2. The van der Waals surface area contributed by atoms with Gasteiger partial charge in [0.2, 0.25) is 11.8 Å². The van der Waals surface area contributed by atoms with Crippen molar-refractivity contribution >= 4 is 35.0 Å². The molecule has 3 amide bonds. The summed E-state index contributed by atoms with van der Waals surface area (Å²) in [4.78, 5) is 40.3. The van der Waals surface area contributed by atoms with Crippen molar-refractivity contribution in [3.8, 4) is 0 Å². The number of hydrogen-bond acceptors (Lipinski definition) is 5. The van der Waals surface area contributed by atoms with Gasteiger partial charge in [-0.15, -0.1) is 6.58 Å². The van der Waals surface area contributed by atoms with Crippen LogP contribution in [0.4, 0.5) is 10.1 Å². The van der Waals surface area contributed by atoms with Gasteiger partial charge < -0.3 is 26.0 Å². The molecule has 2 rings (SSSR count). The Bertz CT molecular complexity index is 954. The molecule has 5 atom stereocenters. The van der Waals surface area contributed by atoms with E-state index in [9.17, 15) is 18.8 Å². The molecule has 0 aliphatic carbocycles. The largest absolute Gasteiger partial charge is 0.398 e. The molecule has 1 aliphatic rings. The van der Waals surface area contributed by atoms with Crippen LogP contribution in [0.15, 0.2) is 30.4 Å². The number of nitrogens with one attached hydrogen (secondary N) is 2. The van der Waals surface area contributed by atoms with Crippen molar-refractivity contribution in [1.29, 1.82) is 0 Å². The summed E-state index contributed by atoms with van der Waals surface area (Å²) in [6, 6.07) is 2.06. The maximum Gasteiger partial charge on any atom is 0.251 e. The zero-order chi connectivity index (χ0) is 27.0. The number of benzene rings is 1. The first-order valence-electron chi connectivity index (χ1n) is 12.3. The van der Waals surface area contributed by atoms with Crippen molar-refractivity contribution in [3.63, 3.8) is 0 Å². The molecule has 200 valence electrons. The molecule has 5 unspecified atom stereocenters. The van der Waals surface area contributed by atoms with Crippen LogP contribution in [-0.4, -0.2) is 66.2 Å². The summed E-state index contributed by atoms with van der Waals surface area (Å²) in [5.41, 5.74) is 7.11. The molecule has 1 aliphatic heterocycles. The molecule has 0 saturated carbocycles. The fourth-order valence-electron chi connectivity index (χ4n) is 4.36. The quantitative estimate of drug-likeness (QED) is 0.285. The van der Waals surface area contributed by atoms with Crippen molar-refractivity contribution in [3.05, 3.63) is 40.9 Å². The third-order valence-corrected chi connectivity index (χ3v) is 6.44. The van der Waals surface area contributed by atoms with Crippen LogP contribution in [0.3, 0.4) is 0 Å². The summed E-state index contributed by atoms with van der Waals surface area (Å²) in [5.74, 6) is -1.52. The van der Waals surface area contributed by atoms with E-state index < -0.39 is 36.0 Å². The third kappa shape index (κ3) is 7.93. The molecule has 0 radical (unpaired) electrons. The van der Waals surface area contributed by atoms with E-state index in [1.807, 2.05) is 20.8 Å². The molecule has 1 heterocycles. The lowest BCUT2D eigenvalue weighted by Gasteiger charge is -2.31. The molecule has 0 bridgehead atoms. The molecule has 1 aromatic carbocycles. The molecule has 1 saturated heterocycles. The van der Waals surface area contributed by atoms with Gasteiger partial charge in [0.25, 0.3) is 5.91 Å². The van der Waals surface area contributed by atoms with Gasteiger partial charge in [0.05, 0.1) is 29.4 Å². The first-order chi connectivity index (χ1) is 17.0. The summed E-state index contributed by atoms with van der Waals surface area (Å²) in [5, 5.41) is 5.80. The van der Waals surface area contributed by atoms with E-state index in [2.05, 4.69) is 17.2 Å². The van der Waals surface area contributed by atoms with E-state index in [0.717, 1.165) is 18.4 Å². The lowest BCUT2D eigenvalue weighted by Crippen LogP contribution is -2.55. The van der Waals surface area contributed by atoms with E-state index in [-0.39, 0.29) is 35.7 Å².